The van der Waals surface area contributed by atoms with Gasteiger partial charge in [0.05, 0.1) is 10.6 Å². The number of carbonyl (C=O) groups excluding carboxylic acids is 3. The molecule has 7 heteroatoms. The number of amides is 2. The fraction of sp³-hybridized carbons (Fsp3) is 0.667. The van der Waals surface area contributed by atoms with E-state index >= 15 is 0 Å². The molecule has 1 aliphatic carbocycles. The lowest BCUT2D eigenvalue weighted by atomic mass is 9.91. The van der Waals surface area contributed by atoms with Crippen molar-refractivity contribution in [3.63, 3.8) is 0 Å². The van der Waals surface area contributed by atoms with Gasteiger partial charge in [-0.15, -0.1) is 0 Å². The van der Waals surface area contributed by atoms with Crippen molar-refractivity contribution in [3.05, 3.63) is 10.6 Å². The molecular weight excluding hydrogens is 338 g/mol. The Morgan fingerprint density at radius 3 is 2.48 bits per heavy atom. The van der Waals surface area contributed by atoms with Crippen molar-refractivity contribution in [2.24, 2.45) is 11.3 Å². The van der Waals surface area contributed by atoms with Gasteiger partial charge >= 0.3 is 0 Å². The van der Waals surface area contributed by atoms with Crippen LogP contribution in [-0.2, 0) is 16.0 Å². The molecule has 0 aromatic carbocycles. The Labute approximate surface area is 152 Å². The van der Waals surface area contributed by atoms with Crippen molar-refractivity contribution in [2.45, 2.75) is 52.9 Å². The standard InChI is InChI=1S/C18H25N3O3S/c1-18(2,3)16(24)21-9-7-11(8-10-21)15(23)20-17-19-12-5-4-6-13(22)14(12)25-17/h11H,4-10H2,1-3H3,(H,19,20,23). The lowest BCUT2D eigenvalue weighted by Gasteiger charge is -2.35. The van der Waals surface area contributed by atoms with Gasteiger partial charge in [0.1, 0.15) is 0 Å². The second-order valence-corrected chi connectivity index (χ2v) is 8.88. The van der Waals surface area contributed by atoms with Gasteiger partial charge in [-0.25, -0.2) is 4.98 Å². The minimum atomic E-state index is -0.387. The first-order valence-electron chi connectivity index (χ1n) is 8.89. The summed E-state index contributed by atoms with van der Waals surface area (Å²) in [5, 5.41) is 3.40. The lowest BCUT2D eigenvalue weighted by molar-refractivity contribution is -0.142. The number of thiazole rings is 1. The Kier molecular flexibility index (Phi) is 4.95. The van der Waals surface area contributed by atoms with Crippen LogP contribution in [0.15, 0.2) is 0 Å². The molecule has 3 rings (SSSR count). The van der Waals surface area contributed by atoms with E-state index < -0.39 is 0 Å². The SMILES string of the molecule is CC(C)(C)C(=O)N1CCC(C(=O)Nc2nc3c(s2)C(=O)CCC3)CC1. The molecule has 6 nitrogen and oxygen atoms in total. The molecule has 136 valence electrons. The number of Topliss-reactive ketones (excluding diaryl/α,β-unsaturated/α-hetero) is 1. The molecule has 1 aliphatic heterocycles. The van der Waals surface area contributed by atoms with Gasteiger partial charge in [-0.3, -0.25) is 14.4 Å². The van der Waals surface area contributed by atoms with E-state index in [-0.39, 0.29) is 28.9 Å². The summed E-state index contributed by atoms with van der Waals surface area (Å²) in [5.41, 5.74) is 0.434. The predicted octanol–water partition coefficient (Wildman–Crippen LogP) is 2.89. The summed E-state index contributed by atoms with van der Waals surface area (Å²) in [4.78, 5) is 43.7. The van der Waals surface area contributed by atoms with Crippen LogP contribution in [0.4, 0.5) is 5.13 Å². The van der Waals surface area contributed by atoms with E-state index in [9.17, 15) is 14.4 Å². The molecule has 2 aliphatic rings. The number of hydrogen-bond donors (Lipinski definition) is 1. The molecule has 1 fully saturated rings. The highest BCUT2D eigenvalue weighted by molar-refractivity contribution is 7.17. The van der Waals surface area contributed by atoms with Crippen LogP contribution in [0.2, 0.25) is 0 Å². The number of piperidine rings is 1. The third kappa shape index (κ3) is 3.92. The van der Waals surface area contributed by atoms with Crippen molar-refractivity contribution in [2.75, 3.05) is 18.4 Å². The fourth-order valence-corrected chi connectivity index (χ4v) is 4.33. The first kappa shape index (κ1) is 18.0. The number of aromatic nitrogens is 1. The maximum Gasteiger partial charge on any atom is 0.229 e. The van der Waals surface area contributed by atoms with Crippen LogP contribution < -0.4 is 5.32 Å². The van der Waals surface area contributed by atoms with E-state index in [2.05, 4.69) is 10.3 Å². The maximum atomic E-state index is 12.5. The number of rotatable bonds is 2. The molecule has 1 aromatic heterocycles. The van der Waals surface area contributed by atoms with Crippen LogP contribution in [0.3, 0.4) is 0 Å². The Morgan fingerprint density at radius 1 is 1.20 bits per heavy atom. The van der Waals surface area contributed by atoms with Crippen LogP contribution in [-0.4, -0.2) is 40.6 Å². The summed E-state index contributed by atoms with van der Waals surface area (Å²) in [6.07, 6.45) is 3.54. The van der Waals surface area contributed by atoms with E-state index in [0.717, 1.165) is 18.5 Å². The van der Waals surface area contributed by atoms with Crippen molar-refractivity contribution in [1.82, 2.24) is 9.88 Å². The largest absolute Gasteiger partial charge is 0.342 e. The summed E-state index contributed by atoms with van der Waals surface area (Å²) in [6, 6.07) is 0. The number of hydrogen-bond acceptors (Lipinski definition) is 5. The average molecular weight is 363 g/mol. The molecular formula is C18H25N3O3S. The molecule has 2 heterocycles. The van der Waals surface area contributed by atoms with E-state index in [1.165, 1.54) is 11.3 Å². The van der Waals surface area contributed by atoms with Crippen molar-refractivity contribution < 1.29 is 14.4 Å². The van der Waals surface area contributed by atoms with E-state index in [0.29, 0.717) is 42.4 Å². The molecule has 0 saturated carbocycles. The third-order valence-electron chi connectivity index (χ3n) is 4.79. The van der Waals surface area contributed by atoms with E-state index in [4.69, 9.17) is 0 Å². The summed E-state index contributed by atoms with van der Waals surface area (Å²) in [5.74, 6) is 0.104. The van der Waals surface area contributed by atoms with Crippen LogP contribution in [0.25, 0.3) is 0 Å². The van der Waals surface area contributed by atoms with Gasteiger partial charge in [0.2, 0.25) is 11.8 Å². The molecule has 0 radical (unpaired) electrons. The van der Waals surface area contributed by atoms with Gasteiger partial charge in [0, 0.05) is 30.8 Å². The van der Waals surface area contributed by atoms with Gasteiger partial charge < -0.3 is 10.2 Å². The molecule has 0 unspecified atom stereocenters. The first-order chi connectivity index (χ1) is 11.8. The Bertz CT molecular complexity index is 697. The quantitative estimate of drug-likeness (QED) is 0.876. The normalized spacial score (nSPS) is 18.8. The highest BCUT2D eigenvalue weighted by Crippen LogP contribution is 2.30. The number of nitrogens with one attached hydrogen (secondary N) is 1. The van der Waals surface area contributed by atoms with Crippen molar-refractivity contribution >= 4 is 34.1 Å². The van der Waals surface area contributed by atoms with Gasteiger partial charge in [-0.1, -0.05) is 32.1 Å². The van der Waals surface area contributed by atoms with Gasteiger partial charge in [0.15, 0.2) is 10.9 Å². The molecule has 0 spiro atoms. The Balaban J connectivity index is 1.57. The molecule has 1 saturated heterocycles. The summed E-state index contributed by atoms with van der Waals surface area (Å²) in [7, 11) is 0. The van der Waals surface area contributed by atoms with E-state index in [1.807, 2.05) is 25.7 Å². The van der Waals surface area contributed by atoms with Crippen molar-refractivity contribution in [3.8, 4) is 0 Å². The number of fused-ring (bicyclic) bond motifs is 1. The summed E-state index contributed by atoms with van der Waals surface area (Å²) in [6.45, 7) is 6.97. The first-order valence-corrected chi connectivity index (χ1v) is 9.70. The molecule has 1 aromatic rings. The topological polar surface area (TPSA) is 79.4 Å². The average Bonchev–Trinajstić information content (AvgIpc) is 2.97. The number of likely N-dealkylation sites (tertiary alicyclic amines) is 1. The number of aryl methyl sites for hydroxylation is 1. The molecule has 25 heavy (non-hydrogen) atoms. The van der Waals surface area contributed by atoms with Gasteiger partial charge in [-0.2, -0.15) is 0 Å². The summed E-state index contributed by atoms with van der Waals surface area (Å²) < 4.78 is 0. The predicted molar refractivity (Wildman–Crippen MR) is 96.8 cm³/mol. The Morgan fingerprint density at radius 2 is 1.88 bits per heavy atom. The maximum absolute atomic E-state index is 12.5. The second-order valence-electron chi connectivity index (χ2n) is 7.88. The highest BCUT2D eigenvalue weighted by atomic mass is 32.1. The number of ketones is 1. The van der Waals surface area contributed by atoms with Gasteiger partial charge in [-0.05, 0) is 25.7 Å². The number of carbonyl (C=O) groups is 3. The van der Waals surface area contributed by atoms with Crippen LogP contribution in [0.1, 0.15) is 61.8 Å². The Hall–Kier alpha value is -1.76. The van der Waals surface area contributed by atoms with Gasteiger partial charge in [0.25, 0.3) is 0 Å². The van der Waals surface area contributed by atoms with Crippen LogP contribution in [0, 0.1) is 11.3 Å². The highest BCUT2D eigenvalue weighted by Gasteiger charge is 2.33. The molecule has 1 N–H and O–H groups in total. The molecule has 0 atom stereocenters. The minimum absolute atomic E-state index is 0.0543. The monoisotopic (exact) mass is 363 g/mol. The zero-order valence-electron chi connectivity index (χ0n) is 15.1. The zero-order chi connectivity index (χ0) is 18.2. The molecule has 2 amide bonds. The minimum Gasteiger partial charge on any atom is -0.342 e. The smallest absolute Gasteiger partial charge is 0.229 e. The number of nitrogens with zero attached hydrogens (tertiary/aromatic N) is 2. The van der Waals surface area contributed by atoms with Crippen LogP contribution >= 0.6 is 11.3 Å². The van der Waals surface area contributed by atoms with Crippen molar-refractivity contribution in [1.29, 1.82) is 0 Å². The molecule has 0 bridgehead atoms. The second kappa shape index (κ2) is 6.86. The van der Waals surface area contributed by atoms with Crippen LogP contribution in [0.5, 0.6) is 0 Å². The fourth-order valence-electron chi connectivity index (χ4n) is 3.35. The van der Waals surface area contributed by atoms with E-state index in [1.54, 1.807) is 0 Å². The summed E-state index contributed by atoms with van der Waals surface area (Å²) >= 11 is 1.29. The third-order valence-corrected chi connectivity index (χ3v) is 5.85. The zero-order valence-corrected chi connectivity index (χ0v) is 15.9. The lowest BCUT2D eigenvalue weighted by Crippen LogP contribution is -2.45. The number of anilines is 1.